The molecule has 0 saturated carbocycles. The maximum Gasteiger partial charge on any atom is 0.223 e. The predicted octanol–water partition coefficient (Wildman–Crippen LogP) is 1.66. The Balaban J connectivity index is 2.33. The summed E-state index contributed by atoms with van der Waals surface area (Å²) in [5, 5.41) is 0. The molecule has 1 amide bonds. The van der Waals surface area contributed by atoms with Crippen molar-refractivity contribution in [1.29, 1.82) is 0 Å². The summed E-state index contributed by atoms with van der Waals surface area (Å²) >= 11 is 0. The Morgan fingerprint density at radius 2 is 2.12 bits per heavy atom. The monoisotopic (exact) mass is 219 g/mol. The number of carbonyl (C=O) groups excluding carboxylic acids is 1. The second-order valence-corrected chi connectivity index (χ2v) is 4.12. The van der Waals surface area contributed by atoms with Gasteiger partial charge in [0.15, 0.2) is 5.82 Å². The summed E-state index contributed by atoms with van der Waals surface area (Å²) in [6.07, 6.45) is 4.20. The molecule has 1 saturated heterocycles. The van der Waals surface area contributed by atoms with Crippen LogP contribution in [0, 0.1) is 0 Å². The Bertz CT molecular complexity index is 386. The van der Waals surface area contributed by atoms with Gasteiger partial charge in [-0.15, -0.1) is 0 Å². The first-order valence-electron chi connectivity index (χ1n) is 5.64. The number of carbonyl (C=O) groups is 1. The van der Waals surface area contributed by atoms with Crippen LogP contribution in [0.1, 0.15) is 19.8 Å². The number of hydrogen-bond donors (Lipinski definition) is 0. The van der Waals surface area contributed by atoms with Crippen molar-refractivity contribution in [3.63, 3.8) is 0 Å². The van der Waals surface area contributed by atoms with Crippen molar-refractivity contribution in [3.8, 4) is 0 Å². The molecule has 1 fully saturated rings. The fourth-order valence-corrected chi connectivity index (χ4v) is 1.99. The van der Waals surface area contributed by atoms with E-state index in [4.69, 9.17) is 0 Å². The maximum absolute atomic E-state index is 11.4. The van der Waals surface area contributed by atoms with Crippen LogP contribution in [0.15, 0.2) is 18.3 Å². The van der Waals surface area contributed by atoms with Crippen LogP contribution in [-0.2, 0) is 4.79 Å². The summed E-state index contributed by atoms with van der Waals surface area (Å²) in [6.45, 7) is 3.65. The van der Waals surface area contributed by atoms with Gasteiger partial charge in [-0.3, -0.25) is 4.79 Å². The quantitative estimate of drug-likeness (QED) is 0.759. The average Bonchev–Trinajstić information content (AvgIpc) is 2.81. The number of amides is 1. The molecule has 1 aliphatic rings. The van der Waals surface area contributed by atoms with Gasteiger partial charge in [-0.25, -0.2) is 4.98 Å². The van der Waals surface area contributed by atoms with Gasteiger partial charge in [0, 0.05) is 33.3 Å². The molecule has 16 heavy (non-hydrogen) atoms. The van der Waals surface area contributed by atoms with Crippen molar-refractivity contribution in [1.82, 2.24) is 4.98 Å². The zero-order valence-electron chi connectivity index (χ0n) is 9.81. The van der Waals surface area contributed by atoms with Crippen LogP contribution in [0.5, 0.6) is 0 Å². The Morgan fingerprint density at radius 1 is 1.44 bits per heavy atom. The van der Waals surface area contributed by atoms with Gasteiger partial charge < -0.3 is 9.80 Å². The number of hydrogen-bond acceptors (Lipinski definition) is 3. The zero-order chi connectivity index (χ0) is 11.5. The van der Waals surface area contributed by atoms with Crippen LogP contribution in [0.4, 0.5) is 11.5 Å². The van der Waals surface area contributed by atoms with E-state index in [2.05, 4.69) is 9.88 Å². The first-order chi connectivity index (χ1) is 7.70. The maximum atomic E-state index is 11.4. The molecule has 0 aromatic carbocycles. The Hall–Kier alpha value is -1.58. The first kappa shape index (κ1) is 10.9. The minimum absolute atomic E-state index is 0.0356. The highest BCUT2D eigenvalue weighted by Crippen LogP contribution is 2.28. The molecule has 1 aromatic rings. The van der Waals surface area contributed by atoms with E-state index in [-0.39, 0.29) is 5.91 Å². The average molecular weight is 219 g/mol. The first-order valence-corrected chi connectivity index (χ1v) is 5.64. The molecule has 1 aliphatic heterocycles. The molecule has 2 heterocycles. The van der Waals surface area contributed by atoms with Crippen LogP contribution < -0.4 is 9.80 Å². The third-order valence-electron chi connectivity index (χ3n) is 3.01. The number of anilines is 2. The van der Waals surface area contributed by atoms with E-state index in [0.717, 1.165) is 24.6 Å². The highest BCUT2D eigenvalue weighted by atomic mass is 16.2. The Kier molecular flexibility index (Phi) is 3.08. The highest BCUT2D eigenvalue weighted by molar-refractivity contribution is 5.94. The summed E-state index contributed by atoms with van der Waals surface area (Å²) in [6, 6.07) is 3.82. The molecular formula is C12H17N3O. The van der Waals surface area contributed by atoms with Gasteiger partial charge in [0.25, 0.3) is 0 Å². The number of nitrogens with zero attached hydrogens (tertiary/aromatic N) is 3. The summed E-state index contributed by atoms with van der Waals surface area (Å²) < 4.78 is 0. The van der Waals surface area contributed by atoms with Crippen molar-refractivity contribution >= 4 is 17.4 Å². The normalized spacial score (nSPS) is 15.2. The molecule has 0 bridgehead atoms. The van der Waals surface area contributed by atoms with E-state index in [1.807, 2.05) is 12.1 Å². The summed E-state index contributed by atoms with van der Waals surface area (Å²) in [5.41, 5.74) is 0.900. The van der Waals surface area contributed by atoms with Crippen LogP contribution in [-0.4, -0.2) is 31.0 Å². The lowest BCUT2D eigenvalue weighted by Gasteiger charge is -2.24. The number of pyridine rings is 1. The van der Waals surface area contributed by atoms with E-state index in [0.29, 0.717) is 0 Å². The van der Waals surface area contributed by atoms with Crippen LogP contribution in [0.25, 0.3) is 0 Å². The van der Waals surface area contributed by atoms with Crippen molar-refractivity contribution in [3.05, 3.63) is 18.3 Å². The molecule has 0 unspecified atom stereocenters. The van der Waals surface area contributed by atoms with Gasteiger partial charge in [0.05, 0.1) is 5.69 Å². The summed E-state index contributed by atoms with van der Waals surface area (Å²) in [4.78, 5) is 19.7. The van der Waals surface area contributed by atoms with Gasteiger partial charge in [-0.1, -0.05) is 0 Å². The van der Waals surface area contributed by atoms with Crippen LogP contribution in [0.2, 0.25) is 0 Å². The van der Waals surface area contributed by atoms with E-state index >= 15 is 0 Å². The Morgan fingerprint density at radius 3 is 2.75 bits per heavy atom. The fourth-order valence-electron chi connectivity index (χ4n) is 1.99. The molecule has 0 radical (unpaired) electrons. The number of rotatable bonds is 2. The molecule has 4 nitrogen and oxygen atoms in total. The van der Waals surface area contributed by atoms with Crippen molar-refractivity contribution in [2.75, 3.05) is 29.9 Å². The zero-order valence-corrected chi connectivity index (χ0v) is 9.81. The van der Waals surface area contributed by atoms with Crippen LogP contribution in [0.3, 0.4) is 0 Å². The summed E-state index contributed by atoms with van der Waals surface area (Å²) in [5.74, 6) is 0.964. The lowest BCUT2D eigenvalue weighted by Crippen LogP contribution is -2.27. The molecule has 4 heteroatoms. The van der Waals surface area contributed by atoms with Crippen molar-refractivity contribution in [2.24, 2.45) is 0 Å². The van der Waals surface area contributed by atoms with Crippen molar-refractivity contribution in [2.45, 2.75) is 19.8 Å². The molecular weight excluding hydrogens is 202 g/mol. The van der Waals surface area contributed by atoms with Crippen molar-refractivity contribution < 1.29 is 4.79 Å². The highest BCUT2D eigenvalue weighted by Gasteiger charge is 2.19. The molecule has 0 atom stereocenters. The topological polar surface area (TPSA) is 36.4 Å². The van der Waals surface area contributed by atoms with E-state index in [1.54, 1.807) is 25.1 Å². The molecule has 0 spiro atoms. The lowest BCUT2D eigenvalue weighted by atomic mass is 10.3. The molecule has 86 valence electrons. The molecule has 0 aliphatic carbocycles. The minimum Gasteiger partial charge on any atom is -0.355 e. The standard InChI is InChI=1S/C12H17N3O/c1-10(16)14(2)11-6-5-7-13-12(11)15-8-3-4-9-15/h5-7H,3-4,8-9H2,1-2H3. The molecule has 0 N–H and O–H groups in total. The van der Waals surface area contributed by atoms with Crippen LogP contribution >= 0.6 is 0 Å². The van der Waals surface area contributed by atoms with Gasteiger partial charge in [0.2, 0.25) is 5.91 Å². The predicted molar refractivity (Wildman–Crippen MR) is 64.8 cm³/mol. The third-order valence-corrected chi connectivity index (χ3v) is 3.01. The smallest absolute Gasteiger partial charge is 0.223 e. The second-order valence-electron chi connectivity index (χ2n) is 4.12. The SMILES string of the molecule is CC(=O)N(C)c1cccnc1N1CCCC1. The van der Waals surface area contributed by atoms with Gasteiger partial charge in [-0.2, -0.15) is 0 Å². The Labute approximate surface area is 95.9 Å². The fraction of sp³-hybridized carbons (Fsp3) is 0.500. The van der Waals surface area contributed by atoms with Gasteiger partial charge in [-0.05, 0) is 25.0 Å². The summed E-state index contributed by atoms with van der Waals surface area (Å²) in [7, 11) is 1.79. The number of aromatic nitrogens is 1. The minimum atomic E-state index is 0.0356. The second kappa shape index (κ2) is 4.51. The van der Waals surface area contributed by atoms with E-state index in [9.17, 15) is 4.79 Å². The lowest BCUT2D eigenvalue weighted by molar-refractivity contribution is -0.116. The van der Waals surface area contributed by atoms with E-state index in [1.165, 1.54) is 12.8 Å². The molecule has 1 aromatic heterocycles. The van der Waals surface area contributed by atoms with Gasteiger partial charge >= 0.3 is 0 Å². The molecule has 2 rings (SSSR count). The van der Waals surface area contributed by atoms with Gasteiger partial charge in [0.1, 0.15) is 0 Å². The van der Waals surface area contributed by atoms with E-state index < -0.39 is 0 Å². The third kappa shape index (κ3) is 2.01. The largest absolute Gasteiger partial charge is 0.355 e.